The van der Waals surface area contributed by atoms with E-state index in [9.17, 15) is 9.18 Å². The molecule has 4 rings (SSSR count). The third-order valence-electron chi connectivity index (χ3n) is 4.54. The molecule has 0 atom stereocenters. The Morgan fingerprint density at radius 1 is 1.04 bits per heavy atom. The van der Waals surface area contributed by atoms with E-state index in [2.05, 4.69) is 10.3 Å². The summed E-state index contributed by atoms with van der Waals surface area (Å²) in [6, 6.07) is 11.7. The fourth-order valence-corrected chi connectivity index (χ4v) is 2.91. The van der Waals surface area contributed by atoms with Crippen LogP contribution in [0.4, 0.5) is 10.1 Å². The van der Waals surface area contributed by atoms with Crippen molar-refractivity contribution in [2.75, 3.05) is 5.32 Å². The van der Waals surface area contributed by atoms with E-state index in [1.165, 1.54) is 6.07 Å². The van der Waals surface area contributed by atoms with Gasteiger partial charge < -0.3 is 14.2 Å². The molecular weight excluding hydrogens is 347 g/mol. The molecular formula is C21H17FN2O3. The molecule has 5 nitrogen and oxygen atoms in total. The number of benzene rings is 2. The van der Waals surface area contributed by atoms with Crippen LogP contribution in [-0.2, 0) is 0 Å². The standard InChI is InChI=1S/C21H17FN2O3/c1-11-16-5-4-6-17(22)19(16)27-18(11)20(25)24-15-9-7-14(8-10-15)21-23-12(2)13(3)26-21/h4-10H,1-3H3,(H,24,25). The van der Waals surface area contributed by atoms with E-state index in [1.807, 2.05) is 26.0 Å². The topological polar surface area (TPSA) is 68.3 Å². The Morgan fingerprint density at radius 2 is 1.78 bits per heavy atom. The SMILES string of the molecule is Cc1nc(-c2ccc(NC(=O)c3oc4c(F)cccc4c3C)cc2)oc1C. The number of hydrogen-bond acceptors (Lipinski definition) is 4. The summed E-state index contributed by atoms with van der Waals surface area (Å²) in [7, 11) is 0. The van der Waals surface area contributed by atoms with E-state index in [1.54, 1.807) is 31.2 Å². The van der Waals surface area contributed by atoms with E-state index < -0.39 is 11.7 Å². The van der Waals surface area contributed by atoms with Crippen LogP contribution in [0.2, 0.25) is 0 Å². The van der Waals surface area contributed by atoms with Gasteiger partial charge in [-0.1, -0.05) is 12.1 Å². The molecule has 1 N–H and O–H groups in total. The molecule has 2 heterocycles. The summed E-state index contributed by atoms with van der Waals surface area (Å²) in [5.41, 5.74) is 2.93. The maximum absolute atomic E-state index is 13.9. The molecule has 0 aliphatic carbocycles. The van der Waals surface area contributed by atoms with E-state index >= 15 is 0 Å². The molecule has 27 heavy (non-hydrogen) atoms. The van der Waals surface area contributed by atoms with Crippen LogP contribution in [0.1, 0.15) is 27.6 Å². The molecule has 2 aromatic carbocycles. The summed E-state index contributed by atoms with van der Waals surface area (Å²) in [5.74, 6) is 0.480. The average Bonchev–Trinajstić information content (AvgIpc) is 3.17. The number of carbonyl (C=O) groups excluding carboxylic acids is 1. The fraction of sp³-hybridized carbons (Fsp3) is 0.143. The Kier molecular flexibility index (Phi) is 4.03. The third kappa shape index (κ3) is 2.99. The van der Waals surface area contributed by atoms with Crippen LogP contribution < -0.4 is 5.32 Å². The number of halogens is 1. The molecule has 0 aliphatic heterocycles. The molecule has 136 valence electrons. The molecule has 0 saturated carbocycles. The highest BCUT2D eigenvalue weighted by Crippen LogP contribution is 2.28. The van der Waals surface area contributed by atoms with Gasteiger partial charge in [-0.3, -0.25) is 4.79 Å². The number of amides is 1. The van der Waals surface area contributed by atoms with Gasteiger partial charge >= 0.3 is 0 Å². The number of carbonyl (C=O) groups is 1. The van der Waals surface area contributed by atoms with Gasteiger partial charge in [0.1, 0.15) is 5.76 Å². The lowest BCUT2D eigenvalue weighted by Gasteiger charge is -2.04. The number of aryl methyl sites for hydroxylation is 3. The lowest BCUT2D eigenvalue weighted by molar-refractivity contribution is 0.0997. The Balaban J connectivity index is 1.58. The van der Waals surface area contributed by atoms with Crippen LogP contribution in [0.15, 0.2) is 51.3 Å². The zero-order chi connectivity index (χ0) is 19.1. The summed E-state index contributed by atoms with van der Waals surface area (Å²) < 4.78 is 24.9. The molecule has 1 amide bonds. The van der Waals surface area contributed by atoms with Crippen molar-refractivity contribution in [2.45, 2.75) is 20.8 Å². The first kappa shape index (κ1) is 17.0. The smallest absolute Gasteiger partial charge is 0.291 e. The van der Waals surface area contributed by atoms with Gasteiger partial charge in [-0.15, -0.1) is 0 Å². The Morgan fingerprint density at radius 3 is 2.41 bits per heavy atom. The summed E-state index contributed by atoms with van der Waals surface area (Å²) in [6.45, 7) is 5.48. The van der Waals surface area contributed by atoms with Crippen molar-refractivity contribution in [1.29, 1.82) is 0 Å². The average molecular weight is 364 g/mol. The number of aromatic nitrogens is 1. The van der Waals surface area contributed by atoms with Crippen molar-refractivity contribution < 1.29 is 18.0 Å². The molecule has 0 unspecified atom stereocenters. The van der Waals surface area contributed by atoms with E-state index in [0.29, 0.717) is 22.5 Å². The minimum atomic E-state index is -0.490. The van der Waals surface area contributed by atoms with Crippen LogP contribution in [0.3, 0.4) is 0 Å². The van der Waals surface area contributed by atoms with Gasteiger partial charge in [0, 0.05) is 22.2 Å². The summed E-state index contributed by atoms with van der Waals surface area (Å²) in [4.78, 5) is 16.9. The van der Waals surface area contributed by atoms with Gasteiger partial charge in [0.05, 0.1) is 5.69 Å². The molecule has 4 aromatic rings. The van der Waals surface area contributed by atoms with Crippen molar-refractivity contribution in [1.82, 2.24) is 4.98 Å². The predicted octanol–water partition coefficient (Wildman–Crippen LogP) is 5.40. The maximum Gasteiger partial charge on any atom is 0.291 e. The first-order valence-electron chi connectivity index (χ1n) is 8.47. The largest absolute Gasteiger partial charge is 0.448 e. The van der Waals surface area contributed by atoms with Gasteiger partial charge in [-0.05, 0) is 51.1 Å². The van der Waals surface area contributed by atoms with Crippen molar-refractivity contribution in [3.8, 4) is 11.5 Å². The number of hydrogen-bond donors (Lipinski definition) is 1. The first-order chi connectivity index (χ1) is 12.9. The van der Waals surface area contributed by atoms with Crippen LogP contribution in [0, 0.1) is 26.6 Å². The van der Waals surface area contributed by atoms with Crippen molar-refractivity contribution >= 4 is 22.6 Å². The molecule has 0 radical (unpaired) electrons. The second kappa shape index (κ2) is 6.39. The maximum atomic E-state index is 13.9. The number of rotatable bonds is 3. The summed E-state index contributed by atoms with van der Waals surface area (Å²) in [6.07, 6.45) is 0. The molecule has 0 saturated heterocycles. The minimum absolute atomic E-state index is 0.0881. The van der Waals surface area contributed by atoms with Crippen molar-refractivity contribution in [3.63, 3.8) is 0 Å². The summed E-state index contributed by atoms with van der Waals surface area (Å²) in [5, 5.41) is 3.36. The lowest BCUT2D eigenvalue weighted by Crippen LogP contribution is -2.12. The Bertz CT molecular complexity index is 1140. The highest BCUT2D eigenvalue weighted by molar-refractivity contribution is 6.06. The Hall–Kier alpha value is -3.41. The molecule has 2 aromatic heterocycles. The van der Waals surface area contributed by atoms with Crippen LogP contribution in [-0.4, -0.2) is 10.9 Å². The number of fused-ring (bicyclic) bond motifs is 1. The van der Waals surface area contributed by atoms with Gasteiger partial charge in [-0.2, -0.15) is 0 Å². The lowest BCUT2D eigenvalue weighted by atomic mass is 10.1. The Labute approximate surface area is 154 Å². The molecule has 0 spiro atoms. The number of nitrogens with one attached hydrogen (secondary N) is 1. The second-order valence-corrected chi connectivity index (χ2v) is 6.36. The van der Waals surface area contributed by atoms with Gasteiger partial charge in [0.25, 0.3) is 5.91 Å². The predicted molar refractivity (Wildman–Crippen MR) is 100 cm³/mol. The van der Waals surface area contributed by atoms with E-state index in [0.717, 1.165) is 17.0 Å². The highest BCUT2D eigenvalue weighted by atomic mass is 19.1. The number of para-hydroxylation sites is 1. The quantitative estimate of drug-likeness (QED) is 0.528. The minimum Gasteiger partial charge on any atom is -0.448 e. The van der Waals surface area contributed by atoms with Crippen molar-refractivity contribution in [2.24, 2.45) is 0 Å². The van der Waals surface area contributed by atoms with Crippen LogP contribution in [0.5, 0.6) is 0 Å². The molecule has 0 fully saturated rings. The summed E-state index contributed by atoms with van der Waals surface area (Å²) >= 11 is 0. The second-order valence-electron chi connectivity index (χ2n) is 6.36. The van der Waals surface area contributed by atoms with Gasteiger partial charge in [0.2, 0.25) is 5.89 Å². The number of furan rings is 1. The number of oxazole rings is 1. The molecule has 0 aliphatic rings. The van der Waals surface area contributed by atoms with Gasteiger partial charge in [-0.25, -0.2) is 9.37 Å². The number of nitrogens with zero attached hydrogens (tertiary/aromatic N) is 1. The van der Waals surface area contributed by atoms with Crippen LogP contribution >= 0.6 is 0 Å². The highest BCUT2D eigenvalue weighted by Gasteiger charge is 2.19. The number of anilines is 1. The third-order valence-corrected chi connectivity index (χ3v) is 4.54. The molecule has 6 heteroatoms. The van der Waals surface area contributed by atoms with Crippen LogP contribution in [0.25, 0.3) is 22.4 Å². The first-order valence-corrected chi connectivity index (χ1v) is 8.47. The fourth-order valence-electron chi connectivity index (χ4n) is 2.91. The van der Waals surface area contributed by atoms with Crippen molar-refractivity contribution in [3.05, 3.63) is 71.1 Å². The van der Waals surface area contributed by atoms with Gasteiger partial charge in [0.15, 0.2) is 17.2 Å². The monoisotopic (exact) mass is 364 g/mol. The normalized spacial score (nSPS) is 11.1. The van der Waals surface area contributed by atoms with E-state index in [-0.39, 0.29) is 11.3 Å². The zero-order valence-corrected chi connectivity index (χ0v) is 15.1. The zero-order valence-electron chi connectivity index (χ0n) is 15.1. The van der Waals surface area contributed by atoms with E-state index in [4.69, 9.17) is 8.83 Å². The molecule has 0 bridgehead atoms.